The van der Waals surface area contributed by atoms with Gasteiger partial charge in [0.15, 0.2) is 0 Å². The van der Waals surface area contributed by atoms with E-state index in [4.69, 9.17) is 5.11 Å². The Morgan fingerprint density at radius 2 is 1.87 bits per heavy atom. The van der Waals surface area contributed by atoms with Gasteiger partial charge in [-0.15, -0.1) is 0 Å². The van der Waals surface area contributed by atoms with Gasteiger partial charge in [0.1, 0.15) is 10.1 Å². The highest BCUT2D eigenvalue weighted by atomic mass is 32.2. The predicted molar refractivity (Wildman–Crippen MR) is 53.3 cm³/mol. The quantitative estimate of drug-likeness (QED) is 0.476. The maximum atomic E-state index is 10.4. The molecule has 0 aromatic rings. The Balaban J connectivity index is 3.92. The number of nitrogens with zero attached hydrogens (tertiary/aromatic N) is 1. The minimum Gasteiger partial charge on any atom is -0.748 e. The van der Waals surface area contributed by atoms with Crippen LogP contribution < -0.4 is 0 Å². The van der Waals surface area contributed by atoms with E-state index in [0.29, 0.717) is 17.4 Å². The third kappa shape index (κ3) is 9.64. The fraction of sp³-hybridized carbons (Fsp3) is 0.875. The van der Waals surface area contributed by atoms with Crippen LogP contribution in [0.25, 0.3) is 0 Å². The van der Waals surface area contributed by atoms with Crippen LogP contribution >= 0.6 is 0 Å². The SMILES string of the molecule is C[N+](C)(CCCC(=O)O)CCS(=O)(=O)[O-]. The van der Waals surface area contributed by atoms with Crippen molar-refractivity contribution >= 4 is 16.1 Å². The normalized spacial score (nSPS) is 12.7. The van der Waals surface area contributed by atoms with Crippen molar-refractivity contribution in [3.63, 3.8) is 0 Å². The Kier molecular flexibility index (Phi) is 5.19. The van der Waals surface area contributed by atoms with E-state index in [-0.39, 0.29) is 13.0 Å². The van der Waals surface area contributed by atoms with Crippen molar-refractivity contribution in [2.24, 2.45) is 0 Å². The summed E-state index contributed by atoms with van der Waals surface area (Å²) in [5.41, 5.74) is 0. The van der Waals surface area contributed by atoms with Gasteiger partial charge in [0, 0.05) is 6.42 Å². The van der Waals surface area contributed by atoms with Gasteiger partial charge in [-0.2, -0.15) is 0 Å². The summed E-state index contributed by atoms with van der Waals surface area (Å²) in [5, 5.41) is 8.42. The Morgan fingerprint density at radius 3 is 2.27 bits per heavy atom. The maximum Gasteiger partial charge on any atom is 0.303 e. The molecule has 0 aliphatic carbocycles. The highest BCUT2D eigenvalue weighted by Gasteiger charge is 2.16. The van der Waals surface area contributed by atoms with Crippen molar-refractivity contribution in [1.82, 2.24) is 0 Å². The first kappa shape index (κ1) is 14.3. The summed E-state index contributed by atoms with van der Waals surface area (Å²) in [6, 6.07) is 0. The largest absolute Gasteiger partial charge is 0.748 e. The lowest BCUT2D eigenvalue weighted by molar-refractivity contribution is -0.888. The molecule has 0 aliphatic heterocycles. The zero-order valence-electron chi connectivity index (χ0n) is 8.97. The first-order chi connectivity index (χ1) is 6.62. The van der Waals surface area contributed by atoms with E-state index in [9.17, 15) is 17.8 Å². The Hall–Kier alpha value is -0.660. The van der Waals surface area contributed by atoms with Gasteiger partial charge in [-0.3, -0.25) is 4.79 Å². The third-order valence-electron chi connectivity index (χ3n) is 2.10. The molecule has 0 aromatic carbocycles. The molecule has 0 atom stereocenters. The smallest absolute Gasteiger partial charge is 0.303 e. The molecule has 0 aliphatic rings. The zero-order valence-corrected chi connectivity index (χ0v) is 9.79. The van der Waals surface area contributed by atoms with Crippen LogP contribution in [0, 0.1) is 0 Å². The molecule has 0 radical (unpaired) electrons. The molecule has 15 heavy (non-hydrogen) atoms. The molecule has 90 valence electrons. The highest BCUT2D eigenvalue weighted by molar-refractivity contribution is 7.85. The van der Waals surface area contributed by atoms with E-state index in [0.717, 1.165) is 0 Å². The minimum atomic E-state index is -4.18. The molecule has 0 bridgehead atoms. The summed E-state index contributed by atoms with van der Waals surface area (Å²) in [6.07, 6.45) is 0.535. The second kappa shape index (κ2) is 5.43. The summed E-state index contributed by atoms with van der Waals surface area (Å²) in [7, 11) is -0.639. The molecule has 0 rings (SSSR count). The fourth-order valence-electron chi connectivity index (χ4n) is 1.13. The summed E-state index contributed by atoms with van der Waals surface area (Å²) in [4.78, 5) is 10.2. The second-order valence-corrected chi connectivity index (χ2v) is 5.67. The summed E-state index contributed by atoms with van der Waals surface area (Å²) in [6.45, 7) is 0.757. The van der Waals surface area contributed by atoms with Gasteiger partial charge in [0.2, 0.25) is 0 Å². The number of quaternary nitrogens is 1. The molecule has 0 amide bonds. The second-order valence-electron chi connectivity index (χ2n) is 4.14. The van der Waals surface area contributed by atoms with Crippen LogP contribution in [0.2, 0.25) is 0 Å². The molecular weight excluding hydrogens is 222 g/mol. The number of carboxylic acid groups (broad SMARTS) is 1. The number of aliphatic carboxylic acids is 1. The lowest BCUT2D eigenvalue weighted by Gasteiger charge is -2.30. The van der Waals surface area contributed by atoms with Gasteiger partial charge in [-0.1, -0.05) is 0 Å². The first-order valence-corrected chi connectivity index (χ1v) is 6.17. The van der Waals surface area contributed by atoms with E-state index in [1.807, 2.05) is 0 Å². The van der Waals surface area contributed by atoms with E-state index >= 15 is 0 Å². The number of hydrogen-bond donors (Lipinski definition) is 1. The molecule has 0 heterocycles. The topological polar surface area (TPSA) is 94.5 Å². The fourth-order valence-corrected chi connectivity index (χ4v) is 1.85. The number of hydrogen-bond acceptors (Lipinski definition) is 4. The average molecular weight is 239 g/mol. The van der Waals surface area contributed by atoms with E-state index in [1.165, 1.54) is 0 Å². The van der Waals surface area contributed by atoms with E-state index in [1.54, 1.807) is 14.1 Å². The van der Waals surface area contributed by atoms with Crippen LogP contribution in [0.5, 0.6) is 0 Å². The minimum absolute atomic E-state index is 0.0613. The van der Waals surface area contributed by atoms with Crippen molar-refractivity contribution in [3.8, 4) is 0 Å². The molecule has 0 spiro atoms. The van der Waals surface area contributed by atoms with E-state index in [2.05, 4.69) is 0 Å². The molecular formula is C8H17NO5S. The Morgan fingerprint density at radius 1 is 1.33 bits per heavy atom. The van der Waals surface area contributed by atoms with Gasteiger partial charge >= 0.3 is 5.97 Å². The van der Waals surface area contributed by atoms with Crippen molar-refractivity contribution in [2.75, 3.05) is 32.9 Å². The molecule has 1 N–H and O–H groups in total. The molecule has 6 nitrogen and oxygen atoms in total. The molecule has 0 saturated heterocycles. The number of rotatable bonds is 7. The van der Waals surface area contributed by atoms with Gasteiger partial charge in [0.25, 0.3) is 0 Å². The standard InChI is InChI=1S/C8H17NO5S/c1-9(2,5-3-4-8(10)11)6-7-15(12,13)14/h3-7H2,1-2H3,(H-,10,11,12,13,14). The Labute approximate surface area is 89.8 Å². The van der Waals surface area contributed by atoms with Crippen molar-refractivity contribution in [2.45, 2.75) is 12.8 Å². The number of carbonyl (C=O) groups is 1. The lowest BCUT2D eigenvalue weighted by Crippen LogP contribution is -2.44. The summed E-state index contributed by atoms with van der Waals surface area (Å²) < 4.78 is 31.5. The molecule has 0 unspecified atom stereocenters. The molecule has 0 saturated carbocycles. The predicted octanol–water partition coefficient (Wildman–Crippen LogP) is -0.527. The summed E-state index contributed by atoms with van der Waals surface area (Å²) >= 11 is 0. The monoisotopic (exact) mass is 239 g/mol. The third-order valence-corrected chi connectivity index (χ3v) is 2.78. The van der Waals surface area contributed by atoms with Crippen LogP contribution in [-0.4, -0.2) is 61.5 Å². The zero-order chi connectivity index (χ0) is 12.1. The van der Waals surface area contributed by atoms with Crippen molar-refractivity contribution in [3.05, 3.63) is 0 Å². The lowest BCUT2D eigenvalue weighted by atomic mass is 10.3. The van der Waals surface area contributed by atoms with Gasteiger partial charge in [-0.05, 0) is 0 Å². The van der Waals surface area contributed by atoms with Crippen LogP contribution in [0.3, 0.4) is 0 Å². The first-order valence-electron chi connectivity index (χ1n) is 4.60. The van der Waals surface area contributed by atoms with Crippen LogP contribution in [-0.2, 0) is 14.9 Å². The van der Waals surface area contributed by atoms with Crippen LogP contribution in [0.4, 0.5) is 0 Å². The van der Waals surface area contributed by atoms with Gasteiger partial charge in [0.05, 0.1) is 39.4 Å². The molecule has 7 heteroatoms. The average Bonchev–Trinajstić information content (AvgIpc) is 1.99. The molecule has 0 aromatic heterocycles. The van der Waals surface area contributed by atoms with Crippen molar-refractivity contribution in [1.29, 1.82) is 0 Å². The number of carboxylic acids is 1. The van der Waals surface area contributed by atoms with E-state index < -0.39 is 21.8 Å². The maximum absolute atomic E-state index is 10.4. The van der Waals surface area contributed by atoms with Crippen molar-refractivity contribution < 1.29 is 27.4 Å². The van der Waals surface area contributed by atoms with Crippen LogP contribution in [0.15, 0.2) is 0 Å². The van der Waals surface area contributed by atoms with Gasteiger partial charge in [-0.25, -0.2) is 8.42 Å². The highest BCUT2D eigenvalue weighted by Crippen LogP contribution is 2.02. The van der Waals surface area contributed by atoms with Gasteiger partial charge < -0.3 is 14.1 Å². The van der Waals surface area contributed by atoms with Crippen LogP contribution in [0.1, 0.15) is 12.8 Å². The summed E-state index contributed by atoms with van der Waals surface area (Å²) in [5.74, 6) is -1.28. The molecule has 0 fully saturated rings. The Bertz CT molecular complexity index is 309.